The second kappa shape index (κ2) is 10.2. The lowest BCUT2D eigenvalue weighted by Gasteiger charge is -2.18. The fourth-order valence-corrected chi connectivity index (χ4v) is 2.75. The second-order valence-electron chi connectivity index (χ2n) is 6.75. The summed E-state index contributed by atoms with van der Waals surface area (Å²) in [6, 6.07) is 3.07. The molecule has 0 aliphatic rings. The number of rotatable bonds is 10. The summed E-state index contributed by atoms with van der Waals surface area (Å²) in [7, 11) is 0. The molecule has 0 saturated heterocycles. The largest absolute Gasteiger partial charge is 0.544 e. The van der Waals surface area contributed by atoms with Gasteiger partial charge in [0, 0.05) is 12.1 Å². The third-order valence-corrected chi connectivity index (χ3v) is 3.90. The van der Waals surface area contributed by atoms with E-state index in [0.717, 1.165) is 28.8 Å². The van der Waals surface area contributed by atoms with E-state index < -0.39 is 12.0 Å². The molecule has 0 aliphatic heterocycles. The molecule has 140 valence electrons. The van der Waals surface area contributed by atoms with E-state index in [2.05, 4.69) is 5.32 Å². The fraction of sp³-hybridized carbons (Fsp3) is 0.579. The third-order valence-electron chi connectivity index (χ3n) is 3.90. The molecule has 1 aromatic rings. The Morgan fingerprint density at radius 3 is 2.32 bits per heavy atom. The number of hydrogen-bond donors (Lipinski definition) is 2. The molecule has 6 heteroatoms. The van der Waals surface area contributed by atoms with E-state index >= 15 is 0 Å². The maximum Gasteiger partial charge on any atom is 0.230 e. The average molecular weight is 350 g/mol. The molecule has 0 radical (unpaired) electrons. The summed E-state index contributed by atoms with van der Waals surface area (Å²) in [5, 5.41) is 15.7. The smallest absolute Gasteiger partial charge is 0.230 e. The maximum absolute atomic E-state index is 12.2. The van der Waals surface area contributed by atoms with Gasteiger partial charge in [-0.15, -0.1) is 0 Å². The van der Waals surface area contributed by atoms with Gasteiger partial charge >= 0.3 is 0 Å². The highest BCUT2D eigenvalue weighted by atomic mass is 16.5. The molecular weight excluding hydrogens is 320 g/mol. The number of carbonyl (C=O) groups excluding carboxylic acids is 2. The molecule has 0 fully saturated rings. The first kappa shape index (κ1) is 21.1. The Morgan fingerprint density at radius 2 is 1.80 bits per heavy atom. The van der Waals surface area contributed by atoms with Gasteiger partial charge < -0.3 is 25.3 Å². The highest BCUT2D eigenvalue weighted by Crippen LogP contribution is 2.22. The van der Waals surface area contributed by atoms with Crippen molar-refractivity contribution in [3.8, 4) is 0 Å². The number of carboxylic acids is 1. The standard InChI is InChI=1S/C19H30N2O4/c1-12(2)25-8-6-7-20-16(19(23)24)11-17(22)21-18-14(4)9-13(3)10-15(18)5/h9-10,12,16,20H,6-8,11H2,1-5H3,(H,21,22)(H,23,24)/t16-/m0/s1. The molecule has 0 bridgehead atoms. The Hall–Kier alpha value is -1.92. The minimum Gasteiger partial charge on any atom is -0.544 e. The topological polar surface area (TPSA) is 95.1 Å². The van der Waals surface area contributed by atoms with Gasteiger partial charge in [-0.3, -0.25) is 4.79 Å². The predicted molar refractivity (Wildman–Crippen MR) is 95.2 cm³/mol. The molecular formula is C19H30N2O4. The van der Waals surface area contributed by atoms with E-state index in [1.165, 1.54) is 0 Å². The van der Waals surface area contributed by atoms with Gasteiger partial charge in [-0.2, -0.15) is 0 Å². The van der Waals surface area contributed by atoms with E-state index in [1.54, 1.807) is 5.32 Å². The Kier molecular flexibility index (Phi) is 8.58. The monoisotopic (exact) mass is 350 g/mol. The van der Waals surface area contributed by atoms with Crippen LogP contribution in [0.15, 0.2) is 12.1 Å². The number of aliphatic carboxylic acids is 1. The molecule has 1 amide bonds. The van der Waals surface area contributed by atoms with E-state index in [0.29, 0.717) is 13.2 Å². The first-order valence-electron chi connectivity index (χ1n) is 8.74. The minimum absolute atomic E-state index is 0.125. The first-order valence-corrected chi connectivity index (χ1v) is 8.74. The van der Waals surface area contributed by atoms with Crippen molar-refractivity contribution in [2.75, 3.05) is 18.5 Å². The van der Waals surface area contributed by atoms with Crippen molar-refractivity contribution in [3.63, 3.8) is 0 Å². The summed E-state index contributed by atoms with van der Waals surface area (Å²) in [6.07, 6.45) is 0.753. The van der Waals surface area contributed by atoms with Crippen LogP contribution in [-0.4, -0.2) is 37.2 Å². The summed E-state index contributed by atoms with van der Waals surface area (Å²) < 4.78 is 5.42. The lowest BCUT2D eigenvalue weighted by molar-refractivity contribution is -0.682. The van der Waals surface area contributed by atoms with Crippen LogP contribution in [-0.2, 0) is 14.3 Å². The first-order chi connectivity index (χ1) is 11.7. The van der Waals surface area contributed by atoms with Crippen molar-refractivity contribution in [1.29, 1.82) is 0 Å². The zero-order valence-corrected chi connectivity index (χ0v) is 15.8. The molecule has 1 atom stereocenters. The number of quaternary nitrogens is 1. The Labute approximate surface area is 150 Å². The number of ether oxygens (including phenoxy) is 1. The van der Waals surface area contributed by atoms with Crippen LogP contribution in [0.4, 0.5) is 5.69 Å². The zero-order chi connectivity index (χ0) is 19.0. The number of nitrogens with two attached hydrogens (primary N) is 1. The van der Waals surface area contributed by atoms with Crippen molar-refractivity contribution >= 4 is 17.6 Å². The number of carbonyl (C=O) groups is 2. The predicted octanol–water partition coefficient (Wildman–Crippen LogP) is 0.437. The van der Waals surface area contributed by atoms with Crippen LogP contribution in [0.2, 0.25) is 0 Å². The van der Waals surface area contributed by atoms with E-state index in [4.69, 9.17) is 4.74 Å². The van der Waals surface area contributed by atoms with Crippen LogP contribution in [0.3, 0.4) is 0 Å². The van der Waals surface area contributed by atoms with E-state index in [1.807, 2.05) is 46.8 Å². The van der Waals surface area contributed by atoms with E-state index in [-0.39, 0.29) is 18.4 Å². The third kappa shape index (κ3) is 7.67. The Balaban J connectivity index is 2.55. The molecule has 0 saturated carbocycles. The van der Waals surface area contributed by atoms with Gasteiger partial charge in [0.05, 0.1) is 31.6 Å². The summed E-state index contributed by atoms with van der Waals surface area (Å²) >= 11 is 0. The molecule has 3 N–H and O–H groups in total. The lowest BCUT2D eigenvalue weighted by atomic mass is 10.0. The lowest BCUT2D eigenvalue weighted by Crippen LogP contribution is -2.93. The normalized spacial score (nSPS) is 12.2. The Morgan fingerprint density at radius 1 is 1.20 bits per heavy atom. The summed E-state index contributed by atoms with van der Waals surface area (Å²) in [5.41, 5.74) is 3.80. The highest BCUT2D eigenvalue weighted by Gasteiger charge is 2.19. The van der Waals surface area contributed by atoms with Gasteiger partial charge in [-0.25, -0.2) is 0 Å². The van der Waals surface area contributed by atoms with Crippen LogP contribution in [0, 0.1) is 20.8 Å². The van der Waals surface area contributed by atoms with Crippen molar-refractivity contribution in [2.45, 2.75) is 59.6 Å². The van der Waals surface area contributed by atoms with Crippen LogP contribution in [0.5, 0.6) is 0 Å². The number of nitrogens with one attached hydrogen (secondary N) is 1. The van der Waals surface area contributed by atoms with Gasteiger partial charge in [0.2, 0.25) is 5.91 Å². The number of amides is 1. The number of benzene rings is 1. The molecule has 0 heterocycles. The van der Waals surface area contributed by atoms with Gasteiger partial charge in [0.25, 0.3) is 0 Å². The maximum atomic E-state index is 12.2. The van der Waals surface area contributed by atoms with Gasteiger partial charge in [0.1, 0.15) is 6.04 Å². The van der Waals surface area contributed by atoms with Crippen LogP contribution in [0.1, 0.15) is 43.4 Å². The minimum atomic E-state index is -1.22. The molecule has 0 spiro atoms. The van der Waals surface area contributed by atoms with Crippen LogP contribution >= 0.6 is 0 Å². The summed E-state index contributed by atoms with van der Waals surface area (Å²) in [5.74, 6) is -1.55. The second-order valence-corrected chi connectivity index (χ2v) is 6.75. The molecule has 0 unspecified atom stereocenters. The SMILES string of the molecule is Cc1cc(C)c(NC(=O)C[C@H]([NH2+]CCCOC(C)C)C(=O)[O-])c(C)c1. The average Bonchev–Trinajstić information content (AvgIpc) is 2.48. The quantitative estimate of drug-likeness (QED) is 0.599. The van der Waals surface area contributed by atoms with Gasteiger partial charge in [0.15, 0.2) is 0 Å². The highest BCUT2D eigenvalue weighted by molar-refractivity contribution is 5.94. The molecule has 25 heavy (non-hydrogen) atoms. The molecule has 1 rings (SSSR count). The van der Waals surface area contributed by atoms with E-state index in [9.17, 15) is 14.7 Å². The van der Waals surface area contributed by atoms with Crippen molar-refractivity contribution in [3.05, 3.63) is 28.8 Å². The molecule has 6 nitrogen and oxygen atoms in total. The number of hydrogen-bond acceptors (Lipinski definition) is 4. The number of aryl methyl sites for hydroxylation is 3. The Bertz CT molecular complexity index is 576. The van der Waals surface area contributed by atoms with Gasteiger partial charge in [-0.1, -0.05) is 17.7 Å². The fourth-order valence-electron chi connectivity index (χ4n) is 2.75. The molecule has 0 aliphatic carbocycles. The van der Waals surface area contributed by atoms with Gasteiger partial charge in [-0.05, 0) is 45.7 Å². The van der Waals surface area contributed by atoms with Crippen LogP contribution < -0.4 is 15.7 Å². The number of anilines is 1. The molecule has 1 aromatic carbocycles. The zero-order valence-electron chi connectivity index (χ0n) is 15.8. The van der Waals surface area contributed by atoms with Crippen molar-refractivity contribution in [2.24, 2.45) is 0 Å². The van der Waals surface area contributed by atoms with Crippen molar-refractivity contribution in [1.82, 2.24) is 0 Å². The number of carboxylic acid groups (broad SMARTS) is 1. The summed E-state index contributed by atoms with van der Waals surface area (Å²) in [6.45, 7) is 10.9. The summed E-state index contributed by atoms with van der Waals surface area (Å²) in [4.78, 5) is 23.5. The van der Waals surface area contributed by atoms with Crippen molar-refractivity contribution < 1.29 is 24.7 Å². The molecule has 0 aromatic heterocycles. The van der Waals surface area contributed by atoms with Crippen LogP contribution in [0.25, 0.3) is 0 Å².